The minimum Gasteiger partial charge on any atom is -0.294 e. The van der Waals surface area contributed by atoms with Gasteiger partial charge in [-0.3, -0.25) is 4.79 Å². The van der Waals surface area contributed by atoms with E-state index in [9.17, 15) is 17.6 Å². The van der Waals surface area contributed by atoms with Crippen molar-refractivity contribution in [1.29, 1.82) is 0 Å². The van der Waals surface area contributed by atoms with Gasteiger partial charge in [-0.2, -0.15) is 4.31 Å². The molecule has 0 saturated carbocycles. The van der Waals surface area contributed by atoms with Crippen LogP contribution >= 0.6 is 11.6 Å². The second-order valence-electron chi connectivity index (χ2n) is 5.98. The molecule has 0 radical (unpaired) electrons. The third-order valence-corrected chi connectivity index (χ3v) is 6.81. The van der Waals surface area contributed by atoms with E-state index in [2.05, 4.69) is 0 Å². The lowest BCUT2D eigenvalue weighted by Gasteiger charge is -2.30. The number of nitrogens with zero attached hydrogens (tertiary/aromatic N) is 1. The highest BCUT2D eigenvalue weighted by atomic mass is 35.5. The number of carbonyl (C=O) groups is 1. The molecule has 0 amide bonds. The van der Waals surface area contributed by atoms with Crippen LogP contribution in [0.3, 0.4) is 0 Å². The molecule has 25 heavy (non-hydrogen) atoms. The smallest absolute Gasteiger partial charge is 0.244 e. The van der Waals surface area contributed by atoms with E-state index in [1.54, 1.807) is 18.2 Å². The molecule has 1 aliphatic rings. The van der Waals surface area contributed by atoms with Crippen LogP contribution in [-0.2, 0) is 10.0 Å². The number of carbonyl (C=O) groups excluding carboxylic acids is 1. The van der Waals surface area contributed by atoms with Crippen LogP contribution in [0.1, 0.15) is 23.2 Å². The van der Waals surface area contributed by atoms with Crippen molar-refractivity contribution in [2.45, 2.75) is 17.7 Å². The van der Waals surface area contributed by atoms with Crippen LogP contribution in [0.2, 0.25) is 5.02 Å². The normalized spacial score (nSPS) is 16.7. The Balaban J connectivity index is 1.70. The number of Topliss-reactive ketones (excluding diaryl/α,β-unsaturated/α-hetero) is 1. The van der Waals surface area contributed by atoms with Crippen molar-refractivity contribution in [1.82, 2.24) is 4.31 Å². The van der Waals surface area contributed by atoms with Gasteiger partial charge in [-0.1, -0.05) is 23.7 Å². The average Bonchev–Trinajstić information content (AvgIpc) is 2.62. The summed E-state index contributed by atoms with van der Waals surface area (Å²) < 4.78 is 39.8. The van der Waals surface area contributed by atoms with Gasteiger partial charge in [0.25, 0.3) is 0 Å². The Kier molecular flexibility index (Phi) is 5.22. The molecule has 0 unspecified atom stereocenters. The number of hydrogen-bond donors (Lipinski definition) is 0. The van der Waals surface area contributed by atoms with E-state index in [1.807, 2.05) is 0 Å². The molecule has 0 N–H and O–H groups in total. The Hall–Kier alpha value is -1.76. The summed E-state index contributed by atoms with van der Waals surface area (Å²) in [4.78, 5) is 12.6. The summed E-state index contributed by atoms with van der Waals surface area (Å²) in [5.74, 6) is -0.727. The van der Waals surface area contributed by atoms with E-state index in [4.69, 9.17) is 11.6 Å². The molecule has 1 heterocycles. The van der Waals surface area contributed by atoms with Crippen molar-refractivity contribution in [3.63, 3.8) is 0 Å². The Morgan fingerprint density at radius 1 is 1.04 bits per heavy atom. The zero-order valence-electron chi connectivity index (χ0n) is 13.4. The van der Waals surface area contributed by atoms with Crippen molar-refractivity contribution in [2.75, 3.05) is 13.1 Å². The van der Waals surface area contributed by atoms with Gasteiger partial charge >= 0.3 is 0 Å². The molecule has 1 fully saturated rings. The van der Waals surface area contributed by atoms with Crippen LogP contribution in [0.25, 0.3) is 0 Å². The Labute approximate surface area is 151 Å². The van der Waals surface area contributed by atoms with Crippen molar-refractivity contribution < 1.29 is 17.6 Å². The van der Waals surface area contributed by atoms with Crippen molar-refractivity contribution >= 4 is 27.4 Å². The zero-order valence-corrected chi connectivity index (χ0v) is 14.9. The molecule has 3 rings (SSSR count). The van der Waals surface area contributed by atoms with E-state index < -0.39 is 15.8 Å². The van der Waals surface area contributed by atoms with Crippen molar-refractivity contribution in [3.8, 4) is 0 Å². The second-order valence-corrected chi connectivity index (χ2v) is 8.29. The molecule has 0 spiro atoms. The molecule has 4 nitrogen and oxygen atoms in total. The van der Waals surface area contributed by atoms with Gasteiger partial charge < -0.3 is 0 Å². The summed E-state index contributed by atoms with van der Waals surface area (Å²) in [6.45, 7) is 0.510. The monoisotopic (exact) mass is 381 g/mol. The van der Waals surface area contributed by atoms with Gasteiger partial charge in [-0.25, -0.2) is 12.8 Å². The van der Waals surface area contributed by atoms with Gasteiger partial charge in [-0.05, 0) is 49.2 Å². The second kappa shape index (κ2) is 7.23. The maximum atomic E-state index is 13.0. The van der Waals surface area contributed by atoms with Gasteiger partial charge in [-0.15, -0.1) is 0 Å². The molecule has 0 bridgehead atoms. The first-order valence-corrected chi connectivity index (χ1v) is 9.76. The molecule has 2 aromatic carbocycles. The highest BCUT2D eigenvalue weighted by Gasteiger charge is 2.33. The fourth-order valence-corrected chi connectivity index (χ4v) is 4.96. The number of rotatable bonds is 4. The lowest BCUT2D eigenvalue weighted by molar-refractivity contribution is 0.0875. The highest BCUT2D eigenvalue weighted by Crippen LogP contribution is 2.29. The van der Waals surface area contributed by atoms with E-state index >= 15 is 0 Å². The van der Waals surface area contributed by atoms with Crippen LogP contribution < -0.4 is 0 Å². The maximum Gasteiger partial charge on any atom is 0.244 e. The predicted octanol–water partition coefficient (Wildman–Crippen LogP) is 3.76. The Morgan fingerprint density at radius 2 is 1.64 bits per heavy atom. The Bertz CT molecular complexity index is 875. The summed E-state index contributed by atoms with van der Waals surface area (Å²) in [6.07, 6.45) is 0.861. The third kappa shape index (κ3) is 3.76. The molecule has 0 atom stereocenters. The maximum absolute atomic E-state index is 13.0. The van der Waals surface area contributed by atoms with E-state index in [-0.39, 0.29) is 34.7 Å². The van der Waals surface area contributed by atoms with Crippen LogP contribution in [-0.4, -0.2) is 31.6 Å². The number of halogens is 2. The first kappa shape index (κ1) is 18.0. The van der Waals surface area contributed by atoms with Crippen LogP contribution in [0.5, 0.6) is 0 Å². The van der Waals surface area contributed by atoms with Gasteiger partial charge in [0, 0.05) is 24.6 Å². The lowest BCUT2D eigenvalue weighted by atomic mass is 9.90. The largest absolute Gasteiger partial charge is 0.294 e. The number of hydrogen-bond acceptors (Lipinski definition) is 3. The summed E-state index contributed by atoms with van der Waals surface area (Å²) in [7, 11) is -3.67. The third-order valence-electron chi connectivity index (χ3n) is 4.41. The average molecular weight is 382 g/mol. The lowest BCUT2D eigenvalue weighted by Crippen LogP contribution is -2.40. The standard InChI is InChI=1S/C18H17ClFNO3S/c19-16-3-1-2-4-17(16)25(23,24)21-11-9-14(10-12-21)18(22)13-5-7-15(20)8-6-13/h1-8,14H,9-12H2. The highest BCUT2D eigenvalue weighted by molar-refractivity contribution is 7.89. The SMILES string of the molecule is O=C(c1ccc(F)cc1)C1CCN(S(=O)(=O)c2ccccc2Cl)CC1. The summed E-state index contributed by atoms with van der Waals surface area (Å²) in [5.41, 5.74) is 0.453. The topological polar surface area (TPSA) is 54.5 Å². The van der Waals surface area contributed by atoms with Crippen LogP contribution in [0.15, 0.2) is 53.4 Å². The van der Waals surface area contributed by atoms with E-state index in [1.165, 1.54) is 34.6 Å². The quantitative estimate of drug-likeness (QED) is 0.757. The molecule has 0 aliphatic carbocycles. The predicted molar refractivity (Wildman–Crippen MR) is 93.7 cm³/mol. The fourth-order valence-electron chi connectivity index (χ4n) is 3.00. The number of benzene rings is 2. The van der Waals surface area contributed by atoms with Crippen LogP contribution in [0, 0.1) is 11.7 Å². The van der Waals surface area contributed by atoms with Crippen LogP contribution in [0.4, 0.5) is 4.39 Å². The molecule has 132 valence electrons. The van der Waals surface area contributed by atoms with Gasteiger partial charge in [0.15, 0.2) is 5.78 Å². The molecule has 7 heteroatoms. The fraction of sp³-hybridized carbons (Fsp3) is 0.278. The van der Waals surface area contributed by atoms with Gasteiger partial charge in [0.2, 0.25) is 10.0 Å². The first-order chi connectivity index (χ1) is 11.9. The molecular weight excluding hydrogens is 365 g/mol. The van der Waals surface area contributed by atoms with Crippen molar-refractivity contribution in [2.24, 2.45) is 5.92 Å². The molecule has 0 aromatic heterocycles. The number of ketones is 1. The minimum absolute atomic E-state index is 0.0743. The number of piperidine rings is 1. The minimum atomic E-state index is -3.67. The number of sulfonamides is 1. The van der Waals surface area contributed by atoms with Crippen molar-refractivity contribution in [3.05, 3.63) is 64.9 Å². The molecular formula is C18H17ClFNO3S. The van der Waals surface area contributed by atoms with Gasteiger partial charge in [0.05, 0.1) is 5.02 Å². The molecule has 1 saturated heterocycles. The van der Waals surface area contributed by atoms with E-state index in [0.29, 0.717) is 18.4 Å². The molecule has 2 aromatic rings. The Morgan fingerprint density at radius 3 is 2.24 bits per heavy atom. The zero-order chi connectivity index (χ0) is 18.0. The first-order valence-electron chi connectivity index (χ1n) is 7.94. The van der Waals surface area contributed by atoms with Gasteiger partial charge in [0.1, 0.15) is 10.7 Å². The summed E-state index contributed by atoms with van der Waals surface area (Å²) >= 11 is 6.01. The summed E-state index contributed by atoms with van der Waals surface area (Å²) in [6, 6.07) is 11.8. The molecule has 1 aliphatic heterocycles. The summed E-state index contributed by atoms with van der Waals surface area (Å²) in [5, 5.41) is 0.187. The van der Waals surface area contributed by atoms with E-state index in [0.717, 1.165) is 0 Å².